The Morgan fingerprint density at radius 3 is 2.38 bits per heavy atom. The number of rotatable bonds is 0. The quantitative estimate of drug-likeness (QED) is 0.714. The molecule has 2 nitrogen and oxygen atoms in total. The molecule has 0 heterocycles. The van der Waals surface area contributed by atoms with Gasteiger partial charge >= 0.3 is 0 Å². The largest absolute Gasteiger partial charge is 0.393 e. The van der Waals surface area contributed by atoms with E-state index in [1.165, 1.54) is 51.4 Å². The zero-order valence-corrected chi connectivity index (χ0v) is 13.9. The van der Waals surface area contributed by atoms with Crippen molar-refractivity contribution in [2.45, 2.75) is 83.8 Å². The molecule has 0 spiro atoms. The average molecular weight is 291 g/mol. The first-order valence-corrected chi connectivity index (χ1v) is 9.39. The predicted octanol–water partition coefficient (Wildman–Crippen LogP) is 3.72. The summed E-state index contributed by atoms with van der Waals surface area (Å²) in [6, 6.07) is 0.460. The molecule has 4 aliphatic carbocycles. The summed E-state index contributed by atoms with van der Waals surface area (Å²) in [5.41, 5.74) is 7.04. The van der Waals surface area contributed by atoms with E-state index in [4.69, 9.17) is 5.73 Å². The molecule has 4 rings (SSSR count). The summed E-state index contributed by atoms with van der Waals surface area (Å²) in [4.78, 5) is 0. The van der Waals surface area contributed by atoms with Crippen LogP contribution >= 0.6 is 0 Å². The van der Waals surface area contributed by atoms with Crippen molar-refractivity contribution in [2.24, 2.45) is 40.2 Å². The van der Waals surface area contributed by atoms with Gasteiger partial charge in [0.1, 0.15) is 0 Å². The van der Waals surface area contributed by atoms with Gasteiger partial charge in [0, 0.05) is 6.04 Å². The number of aliphatic hydroxyl groups excluding tert-OH is 1. The van der Waals surface area contributed by atoms with Gasteiger partial charge in [-0.25, -0.2) is 0 Å². The maximum Gasteiger partial charge on any atom is 0.0596 e. The highest BCUT2D eigenvalue weighted by atomic mass is 16.3. The lowest BCUT2D eigenvalue weighted by Gasteiger charge is -2.60. The van der Waals surface area contributed by atoms with E-state index in [0.717, 1.165) is 30.1 Å². The summed E-state index contributed by atoms with van der Waals surface area (Å²) in [7, 11) is 0. The lowest BCUT2D eigenvalue weighted by Crippen LogP contribution is -2.55. The van der Waals surface area contributed by atoms with Crippen LogP contribution in [0.5, 0.6) is 0 Å². The summed E-state index contributed by atoms with van der Waals surface area (Å²) in [5.74, 6) is 3.46. The average Bonchev–Trinajstić information content (AvgIpc) is 2.76. The highest BCUT2D eigenvalue weighted by Gasteiger charge is 2.59. The monoisotopic (exact) mass is 291 g/mol. The van der Waals surface area contributed by atoms with Gasteiger partial charge in [0.2, 0.25) is 0 Å². The van der Waals surface area contributed by atoms with Crippen LogP contribution in [-0.4, -0.2) is 17.3 Å². The smallest absolute Gasteiger partial charge is 0.0596 e. The minimum atomic E-state index is -0.0336. The van der Waals surface area contributed by atoms with Gasteiger partial charge in [-0.1, -0.05) is 13.8 Å². The molecule has 4 aliphatic rings. The third kappa shape index (κ3) is 1.91. The van der Waals surface area contributed by atoms with Crippen LogP contribution in [0.2, 0.25) is 0 Å². The second-order valence-electron chi connectivity index (χ2n) is 9.33. The van der Waals surface area contributed by atoms with Crippen molar-refractivity contribution in [1.82, 2.24) is 0 Å². The Balaban J connectivity index is 1.62. The van der Waals surface area contributed by atoms with Gasteiger partial charge in [0.05, 0.1) is 6.10 Å². The second-order valence-corrected chi connectivity index (χ2v) is 9.33. The van der Waals surface area contributed by atoms with E-state index in [9.17, 15) is 5.11 Å². The molecule has 4 fully saturated rings. The van der Waals surface area contributed by atoms with Gasteiger partial charge < -0.3 is 10.8 Å². The Morgan fingerprint density at radius 2 is 1.57 bits per heavy atom. The van der Waals surface area contributed by atoms with Crippen molar-refractivity contribution in [3.05, 3.63) is 0 Å². The second kappa shape index (κ2) is 4.71. The molecule has 8 atom stereocenters. The molecule has 0 radical (unpaired) electrons. The first kappa shape index (κ1) is 14.5. The fourth-order valence-corrected chi connectivity index (χ4v) is 7.26. The summed E-state index contributed by atoms with van der Waals surface area (Å²) in [5, 5.41) is 10.5. The number of nitrogens with two attached hydrogens (primary N) is 1. The van der Waals surface area contributed by atoms with E-state index < -0.39 is 0 Å². The maximum atomic E-state index is 10.5. The molecule has 2 heteroatoms. The van der Waals surface area contributed by atoms with Crippen LogP contribution in [0.15, 0.2) is 0 Å². The number of aliphatic hydroxyl groups is 1. The molecule has 4 saturated carbocycles. The summed E-state index contributed by atoms with van der Waals surface area (Å²) < 4.78 is 0. The molecule has 0 aromatic rings. The van der Waals surface area contributed by atoms with Crippen LogP contribution in [0.4, 0.5) is 0 Å². The standard InChI is InChI=1S/C19H33NO/c1-18-9-7-13(20)11-12(18)3-4-14-15-5-6-17(21)19(15,2)10-8-16(14)18/h12-17,21H,3-11,20H2,1-2H3/t12-,13+,14-,15+,16-,17-,18-,19+/m0/s1. The van der Waals surface area contributed by atoms with Crippen molar-refractivity contribution >= 4 is 0 Å². The molecule has 21 heavy (non-hydrogen) atoms. The van der Waals surface area contributed by atoms with Gasteiger partial charge in [0.15, 0.2) is 0 Å². The van der Waals surface area contributed by atoms with E-state index in [2.05, 4.69) is 13.8 Å². The summed E-state index contributed by atoms with van der Waals surface area (Å²) in [6.07, 6.45) is 11.6. The molecular weight excluding hydrogens is 258 g/mol. The van der Waals surface area contributed by atoms with Crippen molar-refractivity contribution in [1.29, 1.82) is 0 Å². The van der Waals surface area contributed by atoms with Crippen LogP contribution in [0, 0.1) is 34.5 Å². The topological polar surface area (TPSA) is 46.2 Å². The normalized spacial score (nSPS) is 60.0. The Bertz CT molecular complexity index is 424. The van der Waals surface area contributed by atoms with Crippen molar-refractivity contribution in [3.8, 4) is 0 Å². The Hall–Kier alpha value is -0.0800. The fourth-order valence-electron chi connectivity index (χ4n) is 7.26. The lowest BCUT2D eigenvalue weighted by atomic mass is 9.45. The zero-order chi connectivity index (χ0) is 14.8. The van der Waals surface area contributed by atoms with Gasteiger partial charge in [-0.3, -0.25) is 0 Å². The summed E-state index contributed by atoms with van der Waals surface area (Å²) in [6.45, 7) is 4.98. The molecule has 0 aliphatic heterocycles. The molecule has 0 saturated heterocycles. The maximum absolute atomic E-state index is 10.5. The molecule has 120 valence electrons. The van der Waals surface area contributed by atoms with E-state index in [-0.39, 0.29) is 11.5 Å². The molecule has 0 bridgehead atoms. The zero-order valence-electron chi connectivity index (χ0n) is 13.9. The highest BCUT2D eigenvalue weighted by molar-refractivity contribution is 5.09. The number of hydrogen-bond acceptors (Lipinski definition) is 2. The molecule has 0 amide bonds. The van der Waals surface area contributed by atoms with Crippen molar-refractivity contribution < 1.29 is 5.11 Å². The van der Waals surface area contributed by atoms with E-state index in [1.807, 2.05) is 0 Å². The number of hydrogen-bond donors (Lipinski definition) is 2. The predicted molar refractivity (Wildman–Crippen MR) is 85.7 cm³/mol. The van der Waals surface area contributed by atoms with Gasteiger partial charge in [-0.05, 0) is 92.3 Å². The van der Waals surface area contributed by atoms with Crippen LogP contribution in [0.25, 0.3) is 0 Å². The molecule has 3 N–H and O–H groups in total. The van der Waals surface area contributed by atoms with E-state index >= 15 is 0 Å². The third-order valence-electron chi connectivity index (χ3n) is 8.66. The Morgan fingerprint density at radius 1 is 0.857 bits per heavy atom. The van der Waals surface area contributed by atoms with E-state index in [0.29, 0.717) is 11.5 Å². The van der Waals surface area contributed by atoms with Crippen LogP contribution in [0.3, 0.4) is 0 Å². The molecule has 0 aromatic heterocycles. The third-order valence-corrected chi connectivity index (χ3v) is 8.66. The van der Waals surface area contributed by atoms with Gasteiger partial charge in [-0.2, -0.15) is 0 Å². The first-order valence-electron chi connectivity index (χ1n) is 9.39. The fraction of sp³-hybridized carbons (Fsp3) is 1.00. The lowest BCUT2D eigenvalue weighted by molar-refractivity contribution is -0.122. The van der Waals surface area contributed by atoms with E-state index in [1.54, 1.807) is 0 Å². The van der Waals surface area contributed by atoms with Gasteiger partial charge in [-0.15, -0.1) is 0 Å². The van der Waals surface area contributed by atoms with Crippen molar-refractivity contribution in [2.75, 3.05) is 0 Å². The molecule has 0 aromatic carbocycles. The summed E-state index contributed by atoms with van der Waals surface area (Å²) >= 11 is 0. The van der Waals surface area contributed by atoms with Crippen molar-refractivity contribution in [3.63, 3.8) is 0 Å². The van der Waals surface area contributed by atoms with Crippen LogP contribution in [-0.2, 0) is 0 Å². The van der Waals surface area contributed by atoms with Crippen LogP contribution in [0.1, 0.15) is 71.6 Å². The highest BCUT2D eigenvalue weighted by Crippen LogP contribution is 2.66. The number of fused-ring (bicyclic) bond motifs is 5. The molecule has 0 unspecified atom stereocenters. The molecular formula is C19H33NO. The first-order chi connectivity index (χ1) is 9.95. The SMILES string of the molecule is C[C@]12CC[C@@H](N)C[C@@H]1CC[C@H]1[C@H]3CC[C@H](O)[C@]3(C)CC[C@@H]12. The Labute approximate surface area is 129 Å². The Kier molecular flexibility index (Phi) is 3.25. The van der Waals surface area contributed by atoms with Crippen LogP contribution < -0.4 is 5.73 Å². The minimum Gasteiger partial charge on any atom is -0.393 e. The van der Waals surface area contributed by atoms with Gasteiger partial charge in [0.25, 0.3) is 0 Å². The minimum absolute atomic E-state index is 0.0336.